The highest BCUT2D eigenvalue weighted by Crippen LogP contribution is 2.24. The van der Waals surface area contributed by atoms with Crippen LogP contribution in [0.5, 0.6) is 0 Å². The molecule has 0 spiro atoms. The number of sulfonamides is 1. The summed E-state index contributed by atoms with van der Waals surface area (Å²) in [5, 5.41) is 0. The molecule has 0 radical (unpaired) electrons. The Morgan fingerprint density at radius 2 is 1.62 bits per heavy atom. The first kappa shape index (κ1) is 21.1. The van der Waals surface area contributed by atoms with Gasteiger partial charge in [0, 0.05) is 18.7 Å². The van der Waals surface area contributed by atoms with Gasteiger partial charge < -0.3 is 4.74 Å². The van der Waals surface area contributed by atoms with Gasteiger partial charge in [0.05, 0.1) is 5.56 Å². The maximum atomic E-state index is 14.2. The van der Waals surface area contributed by atoms with Crippen LogP contribution in [0.1, 0.15) is 45.5 Å². The van der Waals surface area contributed by atoms with Crippen LogP contribution >= 0.6 is 0 Å². The number of ether oxygens (including phenoxy) is 1. The average Bonchev–Trinajstić information content (AvgIpc) is 2.73. The Morgan fingerprint density at radius 1 is 1.00 bits per heavy atom. The monoisotopic (exact) mass is 419 g/mol. The quantitative estimate of drug-likeness (QED) is 0.530. The number of hydrogen-bond donors (Lipinski definition) is 0. The molecule has 2 aromatic carbocycles. The summed E-state index contributed by atoms with van der Waals surface area (Å²) in [6, 6.07) is 9.84. The molecule has 0 N–H and O–H groups in total. The van der Waals surface area contributed by atoms with Gasteiger partial charge in [0.25, 0.3) is 0 Å². The maximum Gasteiger partial charge on any atom is 0.338 e. The number of rotatable bonds is 6. The van der Waals surface area contributed by atoms with E-state index < -0.39 is 33.3 Å². The summed E-state index contributed by atoms with van der Waals surface area (Å²) in [7, 11) is -4.04. The number of Topliss-reactive ketones (excluding diaryl/α,β-unsaturated/α-hetero) is 1. The predicted octanol–water partition coefficient (Wildman–Crippen LogP) is 3.35. The standard InChI is InChI=1S/C21H22FNO5S/c1-15-5-7-16(8-6-15)19(24)14-28-21(25)17-9-10-18(22)20(13-17)29(26,27)23-11-3-2-4-12-23/h5-10,13H,2-4,11-12,14H2,1H3. The number of benzene rings is 2. The van der Waals surface area contributed by atoms with E-state index in [0.29, 0.717) is 31.5 Å². The molecular weight excluding hydrogens is 397 g/mol. The summed E-state index contributed by atoms with van der Waals surface area (Å²) in [4.78, 5) is 23.9. The van der Waals surface area contributed by atoms with E-state index in [2.05, 4.69) is 0 Å². The third-order valence-electron chi connectivity index (χ3n) is 4.81. The fraction of sp³-hybridized carbons (Fsp3) is 0.333. The summed E-state index contributed by atoms with van der Waals surface area (Å²) >= 11 is 0. The third kappa shape index (κ3) is 4.89. The Morgan fingerprint density at radius 3 is 2.28 bits per heavy atom. The highest BCUT2D eigenvalue weighted by atomic mass is 32.2. The normalized spacial score (nSPS) is 15.1. The van der Waals surface area contributed by atoms with Crippen molar-refractivity contribution in [3.63, 3.8) is 0 Å². The maximum absolute atomic E-state index is 14.2. The van der Waals surface area contributed by atoms with Gasteiger partial charge in [-0.05, 0) is 38.0 Å². The van der Waals surface area contributed by atoms with E-state index in [9.17, 15) is 22.4 Å². The van der Waals surface area contributed by atoms with Crippen LogP contribution in [0.3, 0.4) is 0 Å². The van der Waals surface area contributed by atoms with Gasteiger partial charge >= 0.3 is 5.97 Å². The van der Waals surface area contributed by atoms with Crippen molar-refractivity contribution in [2.45, 2.75) is 31.1 Å². The molecule has 154 valence electrons. The molecule has 1 saturated heterocycles. The van der Waals surface area contributed by atoms with Gasteiger partial charge in [0.1, 0.15) is 10.7 Å². The highest BCUT2D eigenvalue weighted by Gasteiger charge is 2.29. The summed E-state index contributed by atoms with van der Waals surface area (Å²) in [5.74, 6) is -2.20. The molecule has 2 aromatic rings. The van der Waals surface area contributed by atoms with Crippen LogP contribution in [0.25, 0.3) is 0 Å². The van der Waals surface area contributed by atoms with E-state index in [-0.39, 0.29) is 11.3 Å². The number of aryl methyl sites for hydroxylation is 1. The van der Waals surface area contributed by atoms with E-state index >= 15 is 0 Å². The van der Waals surface area contributed by atoms with Crippen molar-refractivity contribution in [1.82, 2.24) is 4.31 Å². The summed E-state index contributed by atoms with van der Waals surface area (Å²) in [6.07, 6.45) is 2.35. The molecule has 1 aliphatic rings. The van der Waals surface area contributed by atoms with Crippen LogP contribution in [0, 0.1) is 12.7 Å². The Hall–Kier alpha value is -2.58. The van der Waals surface area contributed by atoms with Gasteiger partial charge in [-0.2, -0.15) is 4.31 Å². The van der Waals surface area contributed by atoms with Crippen LogP contribution in [0.4, 0.5) is 4.39 Å². The summed E-state index contributed by atoms with van der Waals surface area (Å²) in [5.41, 5.74) is 1.27. The lowest BCUT2D eigenvalue weighted by Gasteiger charge is -2.26. The van der Waals surface area contributed by atoms with Crippen LogP contribution < -0.4 is 0 Å². The summed E-state index contributed by atoms with van der Waals surface area (Å²) in [6.45, 7) is 2.04. The zero-order chi connectivity index (χ0) is 21.0. The Labute approximate surface area is 169 Å². The van der Waals surface area contributed by atoms with Crippen molar-refractivity contribution in [1.29, 1.82) is 0 Å². The van der Waals surface area contributed by atoms with E-state index in [1.165, 1.54) is 4.31 Å². The highest BCUT2D eigenvalue weighted by molar-refractivity contribution is 7.89. The number of hydrogen-bond acceptors (Lipinski definition) is 5. The minimum atomic E-state index is -4.04. The number of halogens is 1. The molecule has 29 heavy (non-hydrogen) atoms. The van der Waals surface area contributed by atoms with Crippen molar-refractivity contribution < 1.29 is 27.1 Å². The first-order chi connectivity index (χ1) is 13.8. The van der Waals surface area contributed by atoms with Gasteiger partial charge in [-0.3, -0.25) is 4.79 Å². The molecule has 0 saturated carbocycles. The number of carbonyl (C=O) groups is 2. The van der Waals surface area contributed by atoms with E-state index in [1.54, 1.807) is 24.3 Å². The Kier molecular flexibility index (Phi) is 6.44. The van der Waals surface area contributed by atoms with Gasteiger partial charge in [-0.1, -0.05) is 36.2 Å². The molecule has 0 aromatic heterocycles. The second-order valence-electron chi connectivity index (χ2n) is 6.98. The molecule has 8 heteroatoms. The molecule has 0 amide bonds. The fourth-order valence-corrected chi connectivity index (χ4v) is 4.72. The SMILES string of the molecule is Cc1ccc(C(=O)COC(=O)c2ccc(F)c(S(=O)(=O)N3CCCCC3)c2)cc1. The average molecular weight is 419 g/mol. The van der Waals surface area contributed by atoms with Crippen LogP contribution in [-0.2, 0) is 14.8 Å². The van der Waals surface area contributed by atoms with E-state index in [0.717, 1.165) is 30.2 Å². The second-order valence-corrected chi connectivity index (χ2v) is 8.88. The van der Waals surface area contributed by atoms with Crippen molar-refractivity contribution in [3.05, 3.63) is 65.0 Å². The minimum absolute atomic E-state index is 0.126. The van der Waals surface area contributed by atoms with Crippen LogP contribution in [-0.4, -0.2) is 44.2 Å². The molecule has 3 rings (SSSR count). The smallest absolute Gasteiger partial charge is 0.338 e. The lowest BCUT2D eigenvalue weighted by Crippen LogP contribution is -2.36. The largest absolute Gasteiger partial charge is 0.454 e. The van der Waals surface area contributed by atoms with Gasteiger partial charge in [-0.15, -0.1) is 0 Å². The van der Waals surface area contributed by atoms with Gasteiger partial charge in [-0.25, -0.2) is 17.6 Å². The molecule has 0 unspecified atom stereocenters. The molecule has 1 fully saturated rings. The molecule has 6 nitrogen and oxygen atoms in total. The van der Waals surface area contributed by atoms with Crippen LogP contribution in [0.2, 0.25) is 0 Å². The van der Waals surface area contributed by atoms with E-state index in [1.807, 2.05) is 6.92 Å². The molecule has 0 bridgehead atoms. The molecule has 0 atom stereocenters. The molecular formula is C21H22FNO5S. The predicted molar refractivity (Wildman–Crippen MR) is 105 cm³/mol. The zero-order valence-electron chi connectivity index (χ0n) is 16.1. The lowest BCUT2D eigenvalue weighted by molar-refractivity contribution is 0.0474. The first-order valence-electron chi connectivity index (χ1n) is 9.36. The Bertz CT molecular complexity index is 1010. The zero-order valence-corrected chi connectivity index (χ0v) is 16.9. The van der Waals surface area contributed by atoms with Gasteiger partial charge in [0.15, 0.2) is 12.4 Å². The minimum Gasteiger partial charge on any atom is -0.454 e. The van der Waals surface area contributed by atoms with Crippen molar-refractivity contribution in [2.24, 2.45) is 0 Å². The van der Waals surface area contributed by atoms with Gasteiger partial charge in [0.2, 0.25) is 10.0 Å². The molecule has 0 aliphatic carbocycles. The second kappa shape index (κ2) is 8.84. The van der Waals surface area contributed by atoms with Crippen molar-refractivity contribution in [2.75, 3.05) is 19.7 Å². The number of carbonyl (C=O) groups excluding carboxylic acids is 2. The number of esters is 1. The molecule has 1 heterocycles. The first-order valence-corrected chi connectivity index (χ1v) is 10.8. The lowest BCUT2D eigenvalue weighted by atomic mass is 10.1. The van der Waals surface area contributed by atoms with Crippen molar-refractivity contribution >= 4 is 21.8 Å². The van der Waals surface area contributed by atoms with Crippen molar-refractivity contribution in [3.8, 4) is 0 Å². The molecule has 1 aliphatic heterocycles. The fourth-order valence-electron chi connectivity index (χ4n) is 3.11. The number of ketones is 1. The Balaban J connectivity index is 1.73. The number of nitrogens with zero attached hydrogens (tertiary/aromatic N) is 1. The topological polar surface area (TPSA) is 80.8 Å². The van der Waals surface area contributed by atoms with E-state index in [4.69, 9.17) is 4.74 Å². The summed E-state index contributed by atoms with van der Waals surface area (Å²) < 4.78 is 46.0. The van der Waals surface area contributed by atoms with Crippen LogP contribution in [0.15, 0.2) is 47.4 Å². The third-order valence-corrected chi connectivity index (χ3v) is 6.72. The number of piperidine rings is 1.